The Labute approximate surface area is 126 Å². The number of carbonyl (C=O) groups excluding carboxylic acids is 1. The molecule has 108 valence electrons. The summed E-state index contributed by atoms with van der Waals surface area (Å²) in [5.74, 6) is 0. The molecule has 0 N–H and O–H groups in total. The van der Waals surface area contributed by atoms with Crippen LogP contribution in [-0.4, -0.2) is 16.7 Å². The van der Waals surface area contributed by atoms with Crippen LogP contribution in [0.15, 0.2) is 60.7 Å². The quantitative estimate of drug-likeness (QED) is 0.718. The highest BCUT2D eigenvalue weighted by Crippen LogP contribution is 2.45. The molecule has 0 amide bonds. The minimum Gasteiger partial charge on any atom is -0.303 e. The molecule has 1 aliphatic rings. The van der Waals surface area contributed by atoms with Crippen molar-refractivity contribution in [3.05, 3.63) is 71.8 Å². The average molecular weight is 279 g/mol. The van der Waals surface area contributed by atoms with E-state index in [2.05, 4.69) is 53.4 Å². The Morgan fingerprint density at radius 1 is 0.857 bits per heavy atom. The van der Waals surface area contributed by atoms with Crippen molar-refractivity contribution in [2.24, 2.45) is 0 Å². The smallest absolute Gasteiger partial charge is 0.121 e. The Balaban J connectivity index is 1.80. The molecule has 0 radical (unpaired) electrons. The fourth-order valence-corrected chi connectivity index (χ4v) is 2.95. The standard InChI is InChI=1S/C19H21NO/c21-14-13-19(11-12-19)20(15-17-7-3-1-4-8-17)16-18-9-5-2-6-10-18/h1-10,14H,11-13,15-16H2. The second-order valence-electron chi connectivity index (χ2n) is 5.92. The summed E-state index contributed by atoms with van der Waals surface area (Å²) < 4.78 is 0. The van der Waals surface area contributed by atoms with Crippen molar-refractivity contribution < 1.29 is 4.79 Å². The van der Waals surface area contributed by atoms with Gasteiger partial charge in [-0.1, -0.05) is 60.7 Å². The molecule has 1 fully saturated rings. The second-order valence-corrected chi connectivity index (χ2v) is 5.92. The normalized spacial score (nSPS) is 15.9. The zero-order chi connectivity index (χ0) is 14.5. The molecule has 1 saturated carbocycles. The second kappa shape index (κ2) is 6.23. The Kier molecular flexibility index (Phi) is 4.16. The van der Waals surface area contributed by atoms with Crippen molar-refractivity contribution in [1.82, 2.24) is 4.90 Å². The summed E-state index contributed by atoms with van der Waals surface area (Å²) in [5, 5.41) is 0. The molecule has 2 aromatic rings. The lowest BCUT2D eigenvalue weighted by Crippen LogP contribution is -2.36. The van der Waals surface area contributed by atoms with Crippen molar-refractivity contribution in [3.8, 4) is 0 Å². The van der Waals surface area contributed by atoms with Crippen molar-refractivity contribution in [3.63, 3.8) is 0 Å². The largest absolute Gasteiger partial charge is 0.303 e. The predicted molar refractivity (Wildman–Crippen MR) is 84.8 cm³/mol. The predicted octanol–water partition coefficient (Wildman–Crippen LogP) is 3.81. The first-order valence-corrected chi connectivity index (χ1v) is 7.59. The fraction of sp³-hybridized carbons (Fsp3) is 0.316. The van der Waals surface area contributed by atoms with Gasteiger partial charge in [-0.2, -0.15) is 0 Å². The SMILES string of the molecule is O=CCC1(N(Cc2ccccc2)Cc2ccccc2)CC1. The lowest BCUT2D eigenvalue weighted by Gasteiger charge is -2.31. The van der Waals surface area contributed by atoms with E-state index in [9.17, 15) is 4.79 Å². The third-order valence-corrected chi connectivity index (χ3v) is 4.39. The van der Waals surface area contributed by atoms with Gasteiger partial charge in [-0.05, 0) is 24.0 Å². The summed E-state index contributed by atoms with van der Waals surface area (Å²) in [6.07, 6.45) is 3.99. The molecule has 1 aliphatic carbocycles. The van der Waals surface area contributed by atoms with Crippen LogP contribution < -0.4 is 0 Å². The van der Waals surface area contributed by atoms with E-state index in [4.69, 9.17) is 0 Å². The maximum Gasteiger partial charge on any atom is 0.121 e. The van der Waals surface area contributed by atoms with Gasteiger partial charge in [0.1, 0.15) is 6.29 Å². The summed E-state index contributed by atoms with van der Waals surface area (Å²) >= 11 is 0. The molecular formula is C19H21NO. The van der Waals surface area contributed by atoms with E-state index in [-0.39, 0.29) is 5.54 Å². The number of benzene rings is 2. The molecule has 2 heteroatoms. The third kappa shape index (κ3) is 3.40. The summed E-state index contributed by atoms with van der Waals surface area (Å²) in [4.78, 5) is 13.5. The zero-order valence-corrected chi connectivity index (χ0v) is 12.2. The molecule has 0 atom stereocenters. The van der Waals surface area contributed by atoms with Crippen LogP contribution in [0.1, 0.15) is 30.4 Å². The van der Waals surface area contributed by atoms with Crippen LogP contribution >= 0.6 is 0 Å². The van der Waals surface area contributed by atoms with E-state index in [0.717, 1.165) is 32.2 Å². The fourth-order valence-electron chi connectivity index (χ4n) is 2.95. The number of hydrogen-bond donors (Lipinski definition) is 0. The van der Waals surface area contributed by atoms with Crippen molar-refractivity contribution in [1.29, 1.82) is 0 Å². The molecule has 21 heavy (non-hydrogen) atoms. The maximum absolute atomic E-state index is 11.0. The lowest BCUT2D eigenvalue weighted by molar-refractivity contribution is -0.109. The molecule has 0 heterocycles. The number of carbonyl (C=O) groups is 1. The number of aldehydes is 1. The molecule has 0 aromatic heterocycles. The van der Waals surface area contributed by atoms with Crippen molar-refractivity contribution >= 4 is 6.29 Å². The van der Waals surface area contributed by atoms with Gasteiger partial charge in [0.15, 0.2) is 0 Å². The number of nitrogens with zero attached hydrogens (tertiary/aromatic N) is 1. The molecule has 0 unspecified atom stereocenters. The van der Waals surface area contributed by atoms with Crippen LogP contribution in [0.5, 0.6) is 0 Å². The van der Waals surface area contributed by atoms with E-state index in [1.165, 1.54) is 11.1 Å². The summed E-state index contributed by atoms with van der Waals surface area (Å²) in [5.41, 5.74) is 2.71. The van der Waals surface area contributed by atoms with E-state index < -0.39 is 0 Å². The summed E-state index contributed by atoms with van der Waals surface area (Å²) in [7, 11) is 0. The van der Waals surface area contributed by atoms with Crippen LogP contribution in [0, 0.1) is 0 Å². The highest BCUT2D eigenvalue weighted by Gasteiger charge is 2.47. The van der Waals surface area contributed by atoms with Gasteiger partial charge < -0.3 is 4.79 Å². The molecule has 0 aliphatic heterocycles. The summed E-state index contributed by atoms with van der Waals surface area (Å²) in [6, 6.07) is 21.1. The first-order valence-electron chi connectivity index (χ1n) is 7.59. The van der Waals surface area contributed by atoms with E-state index in [1.54, 1.807) is 0 Å². The van der Waals surface area contributed by atoms with Gasteiger partial charge in [-0.25, -0.2) is 0 Å². The van der Waals surface area contributed by atoms with Gasteiger partial charge in [-0.3, -0.25) is 4.90 Å². The molecule has 2 aromatic carbocycles. The van der Waals surface area contributed by atoms with Crippen molar-refractivity contribution in [2.75, 3.05) is 0 Å². The Bertz CT molecular complexity index is 534. The molecule has 3 rings (SSSR count). The Morgan fingerprint density at radius 3 is 1.71 bits per heavy atom. The van der Waals surface area contributed by atoms with Crippen LogP contribution in [-0.2, 0) is 17.9 Å². The van der Waals surface area contributed by atoms with Gasteiger partial charge in [0.05, 0.1) is 0 Å². The van der Waals surface area contributed by atoms with Crippen LogP contribution in [0.3, 0.4) is 0 Å². The van der Waals surface area contributed by atoms with Crippen LogP contribution in [0.25, 0.3) is 0 Å². The number of rotatable bonds is 7. The van der Waals surface area contributed by atoms with Gasteiger partial charge in [-0.15, -0.1) is 0 Å². The topological polar surface area (TPSA) is 20.3 Å². The van der Waals surface area contributed by atoms with E-state index >= 15 is 0 Å². The minimum absolute atomic E-state index is 0.0907. The number of hydrogen-bond acceptors (Lipinski definition) is 2. The molecular weight excluding hydrogens is 258 g/mol. The van der Waals surface area contributed by atoms with E-state index in [0.29, 0.717) is 6.42 Å². The van der Waals surface area contributed by atoms with Crippen molar-refractivity contribution in [2.45, 2.75) is 37.9 Å². The van der Waals surface area contributed by atoms with Crippen LogP contribution in [0.4, 0.5) is 0 Å². The zero-order valence-electron chi connectivity index (χ0n) is 12.2. The van der Waals surface area contributed by atoms with Crippen LogP contribution in [0.2, 0.25) is 0 Å². The molecule has 0 bridgehead atoms. The third-order valence-electron chi connectivity index (χ3n) is 4.39. The van der Waals surface area contributed by atoms with Gasteiger partial charge in [0.25, 0.3) is 0 Å². The highest BCUT2D eigenvalue weighted by molar-refractivity contribution is 5.53. The lowest BCUT2D eigenvalue weighted by atomic mass is 10.1. The first kappa shape index (κ1) is 14.0. The minimum atomic E-state index is 0.0907. The molecule has 0 spiro atoms. The monoisotopic (exact) mass is 279 g/mol. The highest BCUT2D eigenvalue weighted by atomic mass is 16.1. The van der Waals surface area contributed by atoms with Gasteiger partial charge in [0.2, 0.25) is 0 Å². The Morgan fingerprint density at radius 2 is 1.33 bits per heavy atom. The maximum atomic E-state index is 11.0. The average Bonchev–Trinajstić information content (AvgIpc) is 3.30. The Hall–Kier alpha value is -1.93. The summed E-state index contributed by atoms with van der Waals surface area (Å²) in [6.45, 7) is 1.81. The molecule has 0 saturated heterocycles. The van der Waals surface area contributed by atoms with E-state index in [1.807, 2.05) is 12.1 Å². The molecule has 2 nitrogen and oxygen atoms in total. The van der Waals surface area contributed by atoms with Gasteiger partial charge >= 0.3 is 0 Å². The first-order chi connectivity index (χ1) is 10.3. The van der Waals surface area contributed by atoms with Gasteiger partial charge in [0, 0.05) is 25.0 Å².